The third-order valence-electron chi connectivity index (χ3n) is 2.86. The molecule has 0 saturated heterocycles. The number of hydrogen-bond donors (Lipinski definition) is 1. The number of aliphatic imine (C=N–C) groups is 1. The third-order valence-corrected chi connectivity index (χ3v) is 2.86. The minimum Gasteiger partial charge on any atom is -0.352 e. The number of hydrogen-bond acceptors (Lipinski definition) is 4. The lowest BCUT2D eigenvalue weighted by molar-refractivity contribution is 0.262. The van der Waals surface area contributed by atoms with Crippen LogP contribution in [-0.4, -0.2) is 42.6 Å². The lowest BCUT2D eigenvalue weighted by atomic mass is 10.0. The van der Waals surface area contributed by atoms with Gasteiger partial charge in [-0.1, -0.05) is 6.92 Å². The molecule has 80 valence electrons. The molecule has 0 aromatic rings. The van der Waals surface area contributed by atoms with Crippen LogP contribution in [-0.2, 0) is 0 Å². The van der Waals surface area contributed by atoms with E-state index in [4.69, 9.17) is 0 Å². The highest BCUT2D eigenvalue weighted by molar-refractivity contribution is 6.40. The number of nitrogens with one attached hydrogen (secondary N) is 1. The molecule has 1 aliphatic rings. The molecular formula is C10H20N4. The second-order valence-corrected chi connectivity index (χ2v) is 3.75. The van der Waals surface area contributed by atoms with Crippen LogP contribution in [0, 0.1) is 0 Å². The van der Waals surface area contributed by atoms with Crippen molar-refractivity contribution in [3.63, 3.8) is 0 Å². The average Bonchev–Trinajstić information content (AvgIpc) is 2.18. The maximum absolute atomic E-state index is 4.32. The van der Waals surface area contributed by atoms with E-state index in [1.54, 1.807) is 7.05 Å². The number of likely N-dealkylation sites (N-methyl/N-ethyl adjacent to an activating group) is 1. The molecule has 0 aromatic carbocycles. The molecule has 2 atom stereocenters. The van der Waals surface area contributed by atoms with Crippen molar-refractivity contribution >= 4 is 11.5 Å². The zero-order valence-corrected chi connectivity index (χ0v) is 9.70. The van der Waals surface area contributed by atoms with Crippen molar-refractivity contribution < 1.29 is 0 Å². The first-order valence-corrected chi connectivity index (χ1v) is 5.11. The highest BCUT2D eigenvalue weighted by Gasteiger charge is 2.27. The van der Waals surface area contributed by atoms with E-state index in [-0.39, 0.29) is 0 Å². The Morgan fingerprint density at radius 1 is 1.64 bits per heavy atom. The molecule has 0 radical (unpaired) electrons. The van der Waals surface area contributed by atoms with Crippen molar-refractivity contribution in [1.29, 1.82) is 0 Å². The molecule has 4 nitrogen and oxygen atoms in total. The van der Waals surface area contributed by atoms with Gasteiger partial charge >= 0.3 is 0 Å². The molecule has 1 rings (SSSR count). The van der Waals surface area contributed by atoms with Gasteiger partial charge in [0.1, 0.15) is 0 Å². The summed E-state index contributed by atoms with van der Waals surface area (Å²) in [6.45, 7) is 6.34. The lowest BCUT2D eigenvalue weighted by Gasteiger charge is -2.38. The molecule has 4 heteroatoms. The summed E-state index contributed by atoms with van der Waals surface area (Å²) in [6, 6.07) is 0.901. The fourth-order valence-corrected chi connectivity index (χ4v) is 1.88. The molecule has 1 heterocycles. The fourth-order valence-electron chi connectivity index (χ4n) is 1.88. The van der Waals surface area contributed by atoms with Gasteiger partial charge in [-0.2, -0.15) is 5.10 Å². The molecule has 0 aromatic heterocycles. The van der Waals surface area contributed by atoms with Gasteiger partial charge < -0.3 is 10.3 Å². The molecule has 1 aliphatic heterocycles. The summed E-state index contributed by atoms with van der Waals surface area (Å²) in [5, 5.41) is 4.32. The van der Waals surface area contributed by atoms with Crippen molar-refractivity contribution in [3.05, 3.63) is 0 Å². The van der Waals surface area contributed by atoms with Crippen molar-refractivity contribution in [2.45, 2.75) is 39.3 Å². The summed E-state index contributed by atoms with van der Waals surface area (Å²) >= 11 is 0. The molecule has 0 spiro atoms. The molecule has 0 amide bonds. The van der Waals surface area contributed by atoms with E-state index in [9.17, 15) is 0 Å². The Balaban J connectivity index is 2.89. The van der Waals surface area contributed by atoms with Gasteiger partial charge in [-0.25, -0.2) is 0 Å². The topological polar surface area (TPSA) is 40.0 Å². The van der Waals surface area contributed by atoms with Gasteiger partial charge in [-0.3, -0.25) is 4.99 Å². The maximum atomic E-state index is 4.32. The van der Waals surface area contributed by atoms with Crippen molar-refractivity contribution in [2.24, 2.45) is 10.1 Å². The van der Waals surface area contributed by atoms with Crippen LogP contribution in [0.4, 0.5) is 0 Å². The molecule has 0 bridgehead atoms. The van der Waals surface area contributed by atoms with E-state index >= 15 is 0 Å². The Kier molecular flexibility index (Phi) is 3.49. The van der Waals surface area contributed by atoms with Crippen molar-refractivity contribution in [2.75, 3.05) is 14.1 Å². The molecule has 0 fully saturated rings. The standard InChI is InChI=1S/C10H20N4/c1-6-9-7(2)12-13-10(14(9)5)8(3)11-4/h7,9,12H,6H2,1-5H3/t7?,9-/m0/s1. The Morgan fingerprint density at radius 3 is 2.79 bits per heavy atom. The molecule has 1 N–H and O–H groups in total. The van der Waals surface area contributed by atoms with Crippen LogP contribution in [0.3, 0.4) is 0 Å². The van der Waals surface area contributed by atoms with Gasteiger partial charge in [0.2, 0.25) is 0 Å². The Morgan fingerprint density at radius 2 is 2.29 bits per heavy atom. The van der Waals surface area contributed by atoms with Gasteiger partial charge in [0.15, 0.2) is 5.84 Å². The predicted octanol–water partition coefficient (Wildman–Crippen LogP) is 1.09. The van der Waals surface area contributed by atoms with Crippen LogP contribution in [0.15, 0.2) is 10.1 Å². The van der Waals surface area contributed by atoms with Gasteiger partial charge in [0.25, 0.3) is 0 Å². The first-order valence-electron chi connectivity index (χ1n) is 5.11. The first kappa shape index (κ1) is 11.0. The predicted molar refractivity (Wildman–Crippen MR) is 60.9 cm³/mol. The van der Waals surface area contributed by atoms with E-state index in [2.05, 4.69) is 41.3 Å². The van der Waals surface area contributed by atoms with Gasteiger partial charge in [-0.05, 0) is 20.3 Å². The average molecular weight is 196 g/mol. The quantitative estimate of drug-likeness (QED) is 0.672. The van der Waals surface area contributed by atoms with Gasteiger partial charge in [0, 0.05) is 14.1 Å². The smallest absolute Gasteiger partial charge is 0.169 e. The minimum absolute atomic E-state index is 0.401. The van der Waals surface area contributed by atoms with E-state index in [1.165, 1.54) is 0 Å². The largest absolute Gasteiger partial charge is 0.352 e. The van der Waals surface area contributed by atoms with E-state index in [0.717, 1.165) is 18.0 Å². The van der Waals surface area contributed by atoms with E-state index < -0.39 is 0 Å². The van der Waals surface area contributed by atoms with Crippen LogP contribution in [0.25, 0.3) is 0 Å². The zero-order valence-electron chi connectivity index (χ0n) is 9.70. The number of hydrazone groups is 1. The van der Waals surface area contributed by atoms with Gasteiger partial charge in [0.05, 0.1) is 17.8 Å². The second-order valence-electron chi connectivity index (χ2n) is 3.75. The molecule has 0 saturated carbocycles. The molecular weight excluding hydrogens is 176 g/mol. The number of rotatable bonds is 2. The SMILES string of the molecule is CC[C@H]1C(C)NN=C(C(C)=NC)N1C. The highest BCUT2D eigenvalue weighted by Crippen LogP contribution is 2.12. The minimum atomic E-state index is 0.401. The Bertz CT molecular complexity index is 257. The van der Waals surface area contributed by atoms with Crippen LogP contribution in [0.5, 0.6) is 0 Å². The summed E-state index contributed by atoms with van der Waals surface area (Å²) < 4.78 is 0. The Labute approximate surface area is 86.1 Å². The molecule has 0 aliphatic carbocycles. The molecule has 1 unspecified atom stereocenters. The number of nitrogens with zero attached hydrogens (tertiary/aromatic N) is 3. The van der Waals surface area contributed by atoms with Crippen LogP contribution in [0.2, 0.25) is 0 Å². The lowest BCUT2D eigenvalue weighted by Crippen LogP contribution is -2.54. The first-order chi connectivity index (χ1) is 6.61. The molecule has 14 heavy (non-hydrogen) atoms. The maximum Gasteiger partial charge on any atom is 0.169 e. The number of amidine groups is 1. The van der Waals surface area contributed by atoms with Crippen molar-refractivity contribution in [1.82, 2.24) is 10.3 Å². The monoisotopic (exact) mass is 196 g/mol. The third kappa shape index (κ3) is 1.89. The van der Waals surface area contributed by atoms with Crippen LogP contribution in [0.1, 0.15) is 27.2 Å². The van der Waals surface area contributed by atoms with Crippen LogP contribution < -0.4 is 5.43 Å². The normalized spacial score (nSPS) is 28.5. The van der Waals surface area contributed by atoms with E-state index in [0.29, 0.717) is 12.1 Å². The summed E-state index contributed by atoms with van der Waals surface area (Å²) in [4.78, 5) is 6.37. The summed E-state index contributed by atoms with van der Waals surface area (Å²) in [5.41, 5.74) is 4.12. The summed E-state index contributed by atoms with van der Waals surface area (Å²) in [7, 11) is 3.88. The highest BCUT2D eigenvalue weighted by atomic mass is 15.4. The summed E-state index contributed by atoms with van der Waals surface area (Å²) in [5.74, 6) is 0.956. The van der Waals surface area contributed by atoms with Crippen molar-refractivity contribution in [3.8, 4) is 0 Å². The van der Waals surface area contributed by atoms with E-state index in [1.807, 2.05) is 6.92 Å². The second kappa shape index (κ2) is 4.44. The van der Waals surface area contributed by atoms with Crippen LogP contribution >= 0.6 is 0 Å². The van der Waals surface area contributed by atoms with Gasteiger partial charge in [-0.15, -0.1) is 0 Å². The zero-order chi connectivity index (χ0) is 10.7. The summed E-state index contributed by atoms with van der Waals surface area (Å²) in [6.07, 6.45) is 1.11. The Hall–Kier alpha value is -1.06. The fraction of sp³-hybridized carbons (Fsp3) is 0.800.